The predicted octanol–water partition coefficient (Wildman–Crippen LogP) is 14.3. The number of benzene rings is 9. The number of amidine groups is 1. The van der Waals surface area contributed by atoms with Crippen LogP contribution in [0.2, 0.25) is 0 Å². The van der Waals surface area contributed by atoms with Crippen LogP contribution in [-0.2, 0) is 11.8 Å². The Balaban J connectivity index is 1.09. The molecule has 9 aromatic carbocycles. The molecule has 0 fully saturated rings. The molecule has 0 saturated carbocycles. The summed E-state index contributed by atoms with van der Waals surface area (Å²) in [4.78, 5) is 5.26. The van der Waals surface area contributed by atoms with Crippen molar-refractivity contribution in [1.29, 1.82) is 0 Å². The van der Waals surface area contributed by atoms with E-state index in [9.17, 15) is 0 Å². The molecule has 0 heterocycles. The van der Waals surface area contributed by atoms with Gasteiger partial charge in [-0.05, 0) is 95.2 Å². The van der Waals surface area contributed by atoms with E-state index in [-0.39, 0.29) is 5.41 Å². The van der Waals surface area contributed by atoms with Crippen LogP contribution < -0.4 is 5.73 Å². The minimum absolute atomic E-state index is 0.127. The van der Waals surface area contributed by atoms with E-state index in [1.54, 1.807) is 0 Å². The van der Waals surface area contributed by atoms with Crippen LogP contribution in [0, 0.1) is 0 Å². The number of nitrogens with zero attached hydrogens (tertiary/aromatic N) is 1. The third-order valence-corrected chi connectivity index (χ3v) is 12.2. The molecule has 0 bridgehead atoms. The summed E-state index contributed by atoms with van der Waals surface area (Å²) in [6.07, 6.45) is 2.93. The van der Waals surface area contributed by atoms with Gasteiger partial charge in [0, 0.05) is 16.5 Å². The van der Waals surface area contributed by atoms with Crippen molar-refractivity contribution in [2.45, 2.75) is 25.7 Å². The number of nitrogens with two attached hydrogens (primary N) is 1. The zero-order chi connectivity index (χ0) is 39.9. The van der Waals surface area contributed by atoms with Gasteiger partial charge in [-0.2, -0.15) is 0 Å². The molecule has 1 aliphatic carbocycles. The van der Waals surface area contributed by atoms with Crippen LogP contribution >= 0.6 is 0 Å². The van der Waals surface area contributed by atoms with Gasteiger partial charge in [0.25, 0.3) is 0 Å². The molecule has 0 unspecified atom stereocenters. The van der Waals surface area contributed by atoms with E-state index in [1.807, 2.05) is 6.07 Å². The number of aliphatic imine (C=N–C) groups is 1. The molecule has 9 aromatic rings. The van der Waals surface area contributed by atoms with Gasteiger partial charge in [-0.1, -0.05) is 214 Å². The van der Waals surface area contributed by atoms with Crippen molar-refractivity contribution >= 4 is 33.1 Å². The van der Waals surface area contributed by atoms with Crippen LogP contribution in [0.3, 0.4) is 0 Å². The first-order valence-corrected chi connectivity index (χ1v) is 20.5. The van der Waals surface area contributed by atoms with E-state index >= 15 is 0 Å². The Bertz CT molecular complexity index is 3080. The lowest BCUT2D eigenvalue weighted by Gasteiger charge is -2.22. The molecule has 2 nitrogen and oxygen atoms in total. The Morgan fingerprint density at radius 3 is 1.88 bits per heavy atom. The Labute approximate surface area is 346 Å². The van der Waals surface area contributed by atoms with Gasteiger partial charge in [0.05, 0.1) is 5.70 Å². The van der Waals surface area contributed by atoms with Crippen molar-refractivity contribution in [3.63, 3.8) is 0 Å². The van der Waals surface area contributed by atoms with Gasteiger partial charge in [0.1, 0.15) is 5.84 Å². The molecule has 0 radical (unpaired) electrons. The zero-order valence-electron chi connectivity index (χ0n) is 33.4. The normalized spacial score (nSPS) is 13.4. The molecule has 2 heteroatoms. The van der Waals surface area contributed by atoms with Gasteiger partial charge >= 0.3 is 0 Å². The largest absolute Gasteiger partial charge is 0.383 e. The summed E-state index contributed by atoms with van der Waals surface area (Å²) in [7, 11) is 0. The SMILES string of the molecule is CC1(C)c2cc(-c3ccc(/C(=C/Cc4ccccc4-c4ccccc4)N=C(N)c4ccc(-c5ccccc5)cc4)c4ccccc34)ccc2-c2c1ccc1ccccc21. The van der Waals surface area contributed by atoms with E-state index in [0.29, 0.717) is 12.3 Å². The summed E-state index contributed by atoms with van der Waals surface area (Å²) in [6, 6.07) is 71.7. The van der Waals surface area contributed by atoms with E-state index in [4.69, 9.17) is 10.7 Å². The van der Waals surface area contributed by atoms with Crippen LogP contribution in [0.15, 0.2) is 211 Å². The fourth-order valence-electron chi connectivity index (χ4n) is 9.13. The number of fused-ring (bicyclic) bond motifs is 6. The highest BCUT2D eigenvalue weighted by atomic mass is 14.9. The first-order valence-electron chi connectivity index (χ1n) is 20.5. The fraction of sp³-hybridized carbons (Fsp3) is 0.0702. The Hall–Kier alpha value is -7.29. The lowest BCUT2D eigenvalue weighted by molar-refractivity contribution is 0.661. The summed E-state index contributed by atoms with van der Waals surface area (Å²) >= 11 is 0. The molecule has 0 atom stereocenters. The van der Waals surface area contributed by atoms with Gasteiger partial charge in [-0.3, -0.25) is 0 Å². The predicted molar refractivity (Wildman–Crippen MR) is 251 cm³/mol. The quantitative estimate of drug-likeness (QED) is 0.122. The molecule has 10 rings (SSSR count). The molecular formula is C57H44N2. The van der Waals surface area contributed by atoms with Crippen LogP contribution in [-0.4, -0.2) is 5.84 Å². The second-order valence-corrected chi connectivity index (χ2v) is 16.1. The molecule has 0 aromatic heterocycles. The van der Waals surface area contributed by atoms with Gasteiger partial charge in [0.15, 0.2) is 0 Å². The Kier molecular flexibility index (Phi) is 9.11. The summed E-state index contributed by atoms with van der Waals surface area (Å²) in [5.74, 6) is 0.480. The first-order chi connectivity index (χ1) is 28.9. The van der Waals surface area contributed by atoms with E-state index in [0.717, 1.165) is 27.8 Å². The fourth-order valence-corrected chi connectivity index (χ4v) is 9.13. The van der Waals surface area contributed by atoms with Gasteiger partial charge < -0.3 is 5.73 Å². The van der Waals surface area contributed by atoms with Crippen molar-refractivity contribution in [2.24, 2.45) is 10.7 Å². The second-order valence-electron chi connectivity index (χ2n) is 16.1. The zero-order valence-corrected chi connectivity index (χ0v) is 33.4. The van der Waals surface area contributed by atoms with Crippen molar-refractivity contribution < 1.29 is 0 Å². The number of hydrogen-bond donors (Lipinski definition) is 1. The second kappa shape index (κ2) is 14.9. The van der Waals surface area contributed by atoms with Gasteiger partial charge in [0.2, 0.25) is 0 Å². The summed E-state index contributed by atoms with van der Waals surface area (Å²) in [5.41, 5.74) is 23.4. The van der Waals surface area contributed by atoms with Crippen LogP contribution in [0.4, 0.5) is 0 Å². The van der Waals surface area contributed by atoms with Crippen molar-refractivity contribution in [3.8, 4) is 44.5 Å². The monoisotopic (exact) mass is 756 g/mol. The van der Waals surface area contributed by atoms with Crippen molar-refractivity contribution in [1.82, 2.24) is 0 Å². The third kappa shape index (κ3) is 6.53. The van der Waals surface area contributed by atoms with E-state index < -0.39 is 0 Å². The first kappa shape index (κ1) is 36.1. The minimum atomic E-state index is -0.127. The number of rotatable bonds is 8. The topological polar surface area (TPSA) is 38.4 Å². The van der Waals surface area contributed by atoms with Crippen LogP contribution in [0.25, 0.3) is 71.7 Å². The smallest absolute Gasteiger partial charge is 0.131 e. The lowest BCUT2D eigenvalue weighted by atomic mass is 9.81. The Morgan fingerprint density at radius 2 is 1.10 bits per heavy atom. The maximum Gasteiger partial charge on any atom is 0.131 e. The molecule has 1 aliphatic rings. The van der Waals surface area contributed by atoms with Crippen molar-refractivity contribution in [2.75, 3.05) is 0 Å². The molecule has 0 saturated heterocycles. The highest BCUT2D eigenvalue weighted by Crippen LogP contribution is 2.52. The highest BCUT2D eigenvalue weighted by Gasteiger charge is 2.36. The molecule has 0 amide bonds. The summed E-state index contributed by atoms with van der Waals surface area (Å²) < 4.78 is 0. The van der Waals surface area contributed by atoms with Crippen molar-refractivity contribution in [3.05, 3.63) is 234 Å². The maximum atomic E-state index is 6.93. The molecule has 59 heavy (non-hydrogen) atoms. The summed E-state index contributed by atoms with van der Waals surface area (Å²) in [6.45, 7) is 4.73. The highest BCUT2D eigenvalue weighted by molar-refractivity contribution is 6.07. The minimum Gasteiger partial charge on any atom is -0.383 e. The summed E-state index contributed by atoms with van der Waals surface area (Å²) in [5, 5.41) is 4.91. The molecule has 0 aliphatic heterocycles. The lowest BCUT2D eigenvalue weighted by Crippen LogP contribution is -2.15. The molecule has 282 valence electrons. The van der Waals surface area contributed by atoms with E-state index in [1.165, 1.54) is 71.8 Å². The Morgan fingerprint density at radius 1 is 0.492 bits per heavy atom. The standard InChI is InChI=1S/C57H44N2/c1-57(2)52-35-30-42-20-10-12-22-47(42)55(52)51-32-29-44(37-53(51)57)46-33-34-50(49-24-14-13-23-48(46)49)54(36-31-41-19-9-11-21-45(41)40-17-7-4-8-18-40)59-56(58)43-27-25-39(26-28-43)38-15-5-3-6-16-38/h3-30,32-37H,31H2,1-2H3,(H2,58,59)/b54-36-. The van der Waals surface area contributed by atoms with Gasteiger partial charge in [-0.25, -0.2) is 4.99 Å². The van der Waals surface area contributed by atoms with Crippen LogP contribution in [0.5, 0.6) is 0 Å². The average Bonchev–Trinajstić information content (AvgIpc) is 3.53. The maximum absolute atomic E-state index is 6.93. The number of hydrogen-bond acceptors (Lipinski definition) is 1. The third-order valence-electron chi connectivity index (χ3n) is 12.2. The van der Waals surface area contributed by atoms with E-state index in [2.05, 4.69) is 214 Å². The molecular weight excluding hydrogens is 713 g/mol. The molecule has 0 spiro atoms. The number of allylic oxidation sites excluding steroid dienone is 1. The molecule has 2 N–H and O–H groups in total. The average molecular weight is 757 g/mol. The van der Waals surface area contributed by atoms with Gasteiger partial charge in [-0.15, -0.1) is 0 Å². The van der Waals surface area contributed by atoms with Crippen LogP contribution in [0.1, 0.15) is 41.7 Å².